The minimum atomic E-state index is -0.481. The number of alkyl carbamates (subject to hydrolysis) is 1. The Morgan fingerprint density at radius 1 is 1.38 bits per heavy atom. The standard InChI is InChI=1S/C17H28N4O3/c1-11(18-16(22)23-17(2,3)4)13-6-5-9-21(10-13)15-19-14(20-24-15)12-7-8-12/h11-13H,5-10H2,1-4H3,(H,18,22)/t11-,13-/m1/s1. The molecule has 1 aromatic rings. The number of hydrogen-bond acceptors (Lipinski definition) is 6. The summed E-state index contributed by atoms with van der Waals surface area (Å²) in [5.74, 6) is 1.67. The second-order valence-electron chi connectivity index (χ2n) is 7.99. The highest BCUT2D eigenvalue weighted by Gasteiger charge is 2.32. The summed E-state index contributed by atoms with van der Waals surface area (Å²) in [6.07, 6.45) is 4.08. The molecule has 2 fully saturated rings. The first-order valence-corrected chi connectivity index (χ1v) is 8.90. The SMILES string of the molecule is C[C@@H](NC(=O)OC(C)(C)C)[C@@H]1CCCN(c2nc(C3CC3)no2)C1. The van der Waals surface area contributed by atoms with E-state index >= 15 is 0 Å². The van der Waals surface area contributed by atoms with Gasteiger partial charge in [-0.3, -0.25) is 0 Å². The highest BCUT2D eigenvalue weighted by atomic mass is 16.6. The van der Waals surface area contributed by atoms with Crippen LogP contribution in [0, 0.1) is 5.92 Å². The van der Waals surface area contributed by atoms with Crippen LogP contribution >= 0.6 is 0 Å². The Hall–Kier alpha value is -1.79. The van der Waals surface area contributed by atoms with Crippen molar-refractivity contribution in [3.05, 3.63) is 5.82 Å². The van der Waals surface area contributed by atoms with Crippen molar-refractivity contribution in [1.82, 2.24) is 15.5 Å². The normalized spacial score (nSPS) is 23.0. The van der Waals surface area contributed by atoms with E-state index in [0.717, 1.165) is 31.8 Å². The van der Waals surface area contributed by atoms with Crippen LogP contribution in [0.15, 0.2) is 4.52 Å². The van der Waals surface area contributed by atoms with Crippen LogP contribution in [0.3, 0.4) is 0 Å². The molecule has 1 aliphatic carbocycles. The number of carbonyl (C=O) groups is 1. The highest BCUT2D eigenvalue weighted by Crippen LogP contribution is 2.39. The van der Waals surface area contributed by atoms with Crippen LogP contribution in [-0.2, 0) is 4.74 Å². The van der Waals surface area contributed by atoms with E-state index in [4.69, 9.17) is 9.26 Å². The summed E-state index contributed by atoms with van der Waals surface area (Å²) in [6.45, 7) is 9.36. The first kappa shape index (κ1) is 17.0. The van der Waals surface area contributed by atoms with Crippen molar-refractivity contribution >= 4 is 12.1 Å². The summed E-state index contributed by atoms with van der Waals surface area (Å²) >= 11 is 0. The maximum absolute atomic E-state index is 12.0. The van der Waals surface area contributed by atoms with Gasteiger partial charge in [0, 0.05) is 25.0 Å². The lowest BCUT2D eigenvalue weighted by Gasteiger charge is -2.35. The van der Waals surface area contributed by atoms with Crippen molar-refractivity contribution < 1.29 is 14.1 Å². The fraction of sp³-hybridized carbons (Fsp3) is 0.824. The molecular weight excluding hydrogens is 308 g/mol. The molecule has 1 saturated carbocycles. The van der Waals surface area contributed by atoms with E-state index in [1.54, 1.807) is 0 Å². The molecule has 7 heteroatoms. The summed E-state index contributed by atoms with van der Waals surface area (Å²) in [5.41, 5.74) is -0.481. The average molecular weight is 336 g/mol. The Kier molecular flexibility index (Phi) is 4.69. The maximum Gasteiger partial charge on any atom is 0.407 e. The lowest BCUT2D eigenvalue weighted by Crippen LogP contribution is -2.47. The molecule has 1 saturated heterocycles. The number of anilines is 1. The predicted octanol–water partition coefficient (Wildman–Crippen LogP) is 3.08. The molecular formula is C17H28N4O3. The monoisotopic (exact) mass is 336 g/mol. The van der Waals surface area contributed by atoms with E-state index in [9.17, 15) is 4.79 Å². The quantitative estimate of drug-likeness (QED) is 0.910. The van der Waals surface area contributed by atoms with Crippen LogP contribution in [0.25, 0.3) is 0 Å². The van der Waals surface area contributed by atoms with Crippen LogP contribution < -0.4 is 10.2 Å². The van der Waals surface area contributed by atoms with Gasteiger partial charge in [-0.25, -0.2) is 4.79 Å². The van der Waals surface area contributed by atoms with Crippen LogP contribution in [-0.4, -0.2) is 41.0 Å². The van der Waals surface area contributed by atoms with E-state index in [1.807, 2.05) is 27.7 Å². The molecule has 1 amide bonds. The first-order valence-electron chi connectivity index (χ1n) is 8.90. The fourth-order valence-electron chi connectivity index (χ4n) is 3.07. The summed E-state index contributed by atoms with van der Waals surface area (Å²) < 4.78 is 10.8. The molecule has 7 nitrogen and oxygen atoms in total. The molecule has 1 N–H and O–H groups in total. The van der Waals surface area contributed by atoms with Crippen molar-refractivity contribution in [2.75, 3.05) is 18.0 Å². The number of aromatic nitrogens is 2. The third-order valence-electron chi connectivity index (χ3n) is 4.55. The smallest absolute Gasteiger partial charge is 0.407 e. The summed E-state index contributed by atoms with van der Waals surface area (Å²) in [6, 6.07) is 0.652. The average Bonchev–Trinajstić information content (AvgIpc) is 3.23. The number of amides is 1. The fourth-order valence-corrected chi connectivity index (χ4v) is 3.07. The van der Waals surface area contributed by atoms with Gasteiger partial charge in [-0.05, 0) is 59.3 Å². The number of carbonyl (C=O) groups excluding carboxylic acids is 1. The van der Waals surface area contributed by atoms with E-state index in [2.05, 4.69) is 20.4 Å². The Morgan fingerprint density at radius 3 is 2.79 bits per heavy atom. The van der Waals surface area contributed by atoms with E-state index in [0.29, 0.717) is 17.9 Å². The van der Waals surface area contributed by atoms with Gasteiger partial charge < -0.3 is 19.5 Å². The van der Waals surface area contributed by atoms with Gasteiger partial charge in [-0.2, -0.15) is 4.98 Å². The van der Waals surface area contributed by atoms with Gasteiger partial charge in [0.1, 0.15) is 5.60 Å². The van der Waals surface area contributed by atoms with Gasteiger partial charge in [0.15, 0.2) is 5.82 Å². The number of rotatable bonds is 4. The zero-order chi connectivity index (χ0) is 17.3. The number of ether oxygens (including phenoxy) is 1. The summed E-state index contributed by atoms with van der Waals surface area (Å²) in [5, 5.41) is 7.05. The molecule has 2 aliphatic rings. The van der Waals surface area contributed by atoms with Crippen molar-refractivity contribution in [1.29, 1.82) is 0 Å². The van der Waals surface area contributed by atoms with Gasteiger partial charge in [0.05, 0.1) is 0 Å². The molecule has 0 spiro atoms. The minimum absolute atomic E-state index is 0.0356. The Labute approximate surface area is 143 Å². The Balaban J connectivity index is 1.55. The lowest BCUT2D eigenvalue weighted by molar-refractivity contribution is 0.0488. The maximum atomic E-state index is 12.0. The van der Waals surface area contributed by atoms with Crippen LogP contribution in [0.1, 0.15) is 65.1 Å². The summed E-state index contributed by atoms with van der Waals surface area (Å²) in [4.78, 5) is 18.6. The molecule has 0 aromatic carbocycles. The molecule has 1 aromatic heterocycles. The number of piperidine rings is 1. The molecule has 24 heavy (non-hydrogen) atoms. The van der Waals surface area contributed by atoms with Crippen LogP contribution in [0.4, 0.5) is 10.8 Å². The van der Waals surface area contributed by atoms with Gasteiger partial charge in [0.25, 0.3) is 0 Å². The van der Waals surface area contributed by atoms with E-state index < -0.39 is 5.60 Å². The van der Waals surface area contributed by atoms with Crippen molar-refractivity contribution in [2.24, 2.45) is 5.92 Å². The number of hydrogen-bond donors (Lipinski definition) is 1. The number of nitrogens with one attached hydrogen (secondary N) is 1. The molecule has 0 bridgehead atoms. The topological polar surface area (TPSA) is 80.5 Å². The highest BCUT2D eigenvalue weighted by molar-refractivity contribution is 5.68. The summed E-state index contributed by atoms with van der Waals surface area (Å²) in [7, 11) is 0. The molecule has 1 aliphatic heterocycles. The third-order valence-corrected chi connectivity index (χ3v) is 4.55. The van der Waals surface area contributed by atoms with Gasteiger partial charge in [0.2, 0.25) is 0 Å². The van der Waals surface area contributed by atoms with E-state index in [-0.39, 0.29) is 12.1 Å². The first-order chi connectivity index (χ1) is 11.3. The molecule has 0 unspecified atom stereocenters. The minimum Gasteiger partial charge on any atom is -0.444 e. The Bertz CT molecular complexity index is 577. The largest absolute Gasteiger partial charge is 0.444 e. The van der Waals surface area contributed by atoms with Gasteiger partial charge in [-0.15, -0.1) is 0 Å². The number of nitrogens with zero attached hydrogens (tertiary/aromatic N) is 3. The predicted molar refractivity (Wildman–Crippen MR) is 90.0 cm³/mol. The molecule has 134 valence electrons. The molecule has 2 atom stereocenters. The Morgan fingerprint density at radius 2 is 2.12 bits per heavy atom. The van der Waals surface area contributed by atoms with E-state index in [1.165, 1.54) is 12.8 Å². The van der Waals surface area contributed by atoms with Crippen molar-refractivity contribution in [3.63, 3.8) is 0 Å². The molecule has 0 radical (unpaired) electrons. The molecule has 2 heterocycles. The second-order valence-corrected chi connectivity index (χ2v) is 7.99. The second kappa shape index (κ2) is 6.61. The van der Waals surface area contributed by atoms with Gasteiger partial charge in [-0.1, -0.05) is 5.16 Å². The van der Waals surface area contributed by atoms with Crippen LogP contribution in [0.5, 0.6) is 0 Å². The van der Waals surface area contributed by atoms with Crippen molar-refractivity contribution in [3.8, 4) is 0 Å². The lowest BCUT2D eigenvalue weighted by atomic mass is 9.92. The third kappa shape index (κ3) is 4.39. The zero-order valence-corrected chi connectivity index (χ0v) is 15.0. The van der Waals surface area contributed by atoms with Gasteiger partial charge >= 0.3 is 12.1 Å². The van der Waals surface area contributed by atoms with Crippen molar-refractivity contribution in [2.45, 2.75) is 70.9 Å². The molecule has 3 rings (SSSR count). The van der Waals surface area contributed by atoms with Crippen LogP contribution in [0.2, 0.25) is 0 Å². The zero-order valence-electron chi connectivity index (χ0n) is 15.0.